The number of para-hydroxylation sites is 2. The Kier molecular flexibility index (Phi) is 6.47. The van der Waals surface area contributed by atoms with E-state index in [0.29, 0.717) is 25.3 Å². The fourth-order valence-corrected chi connectivity index (χ4v) is 2.57. The zero-order valence-corrected chi connectivity index (χ0v) is 15.4. The molecular formula is C23H23NO3. The molecule has 0 atom stereocenters. The van der Waals surface area contributed by atoms with Crippen molar-refractivity contribution in [1.82, 2.24) is 4.90 Å². The third-order valence-corrected chi connectivity index (χ3v) is 4.13. The van der Waals surface area contributed by atoms with Crippen LogP contribution in [0, 0.1) is 0 Å². The average Bonchev–Trinajstić information content (AvgIpc) is 2.73. The summed E-state index contributed by atoms with van der Waals surface area (Å²) < 4.78 is 11.4. The van der Waals surface area contributed by atoms with Gasteiger partial charge >= 0.3 is 0 Å². The molecular weight excluding hydrogens is 338 g/mol. The Labute approximate surface area is 160 Å². The van der Waals surface area contributed by atoms with Crippen LogP contribution in [0.3, 0.4) is 0 Å². The second-order valence-electron chi connectivity index (χ2n) is 6.19. The number of hydrogen-bond donors (Lipinski definition) is 0. The van der Waals surface area contributed by atoms with Gasteiger partial charge in [0.05, 0.1) is 6.54 Å². The summed E-state index contributed by atoms with van der Waals surface area (Å²) >= 11 is 0. The standard InChI is InChI=1S/C23H23NO3/c1-24(16-17-26-21-8-4-2-5-9-21)23(25)20-14-12-19(13-15-20)18-27-22-10-6-3-7-11-22/h2-15H,16-18H2,1H3. The first-order chi connectivity index (χ1) is 13.2. The van der Waals surface area contributed by atoms with Gasteiger partial charge in [0, 0.05) is 12.6 Å². The second-order valence-corrected chi connectivity index (χ2v) is 6.19. The molecule has 1 amide bonds. The highest BCUT2D eigenvalue weighted by atomic mass is 16.5. The Balaban J connectivity index is 1.47. The summed E-state index contributed by atoms with van der Waals surface area (Å²) in [5.74, 6) is 1.61. The molecule has 138 valence electrons. The van der Waals surface area contributed by atoms with E-state index in [2.05, 4.69) is 0 Å². The topological polar surface area (TPSA) is 38.8 Å². The highest BCUT2D eigenvalue weighted by Gasteiger charge is 2.11. The number of nitrogens with zero attached hydrogens (tertiary/aromatic N) is 1. The molecule has 0 heterocycles. The molecule has 0 fully saturated rings. The van der Waals surface area contributed by atoms with Gasteiger partial charge in [0.15, 0.2) is 0 Å². The first-order valence-electron chi connectivity index (χ1n) is 8.92. The highest BCUT2D eigenvalue weighted by molar-refractivity contribution is 5.94. The van der Waals surface area contributed by atoms with Crippen molar-refractivity contribution in [3.63, 3.8) is 0 Å². The molecule has 0 aliphatic heterocycles. The maximum absolute atomic E-state index is 12.5. The van der Waals surface area contributed by atoms with Crippen molar-refractivity contribution in [2.24, 2.45) is 0 Å². The van der Waals surface area contributed by atoms with Crippen molar-refractivity contribution < 1.29 is 14.3 Å². The maximum atomic E-state index is 12.5. The van der Waals surface area contributed by atoms with Crippen LogP contribution in [0.4, 0.5) is 0 Å². The summed E-state index contributed by atoms with van der Waals surface area (Å²) in [5.41, 5.74) is 1.67. The number of carbonyl (C=O) groups is 1. The zero-order chi connectivity index (χ0) is 18.9. The molecule has 27 heavy (non-hydrogen) atoms. The van der Waals surface area contributed by atoms with E-state index in [1.165, 1.54) is 0 Å². The van der Waals surface area contributed by atoms with E-state index in [9.17, 15) is 4.79 Å². The lowest BCUT2D eigenvalue weighted by Gasteiger charge is -2.18. The fraction of sp³-hybridized carbons (Fsp3) is 0.174. The van der Waals surface area contributed by atoms with Gasteiger partial charge in [-0.3, -0.25) is 4.79 Å². The molecule has 0 aliphatic carbocycles. The van der Waals surface area contributed by atoms with Gasteiger partial charge in [0.1, 0.15) is 24.7 Å². The Morgan fingerprint density at radius 2 is 1.33 bits per heavy atom. The molecule has 0 spiro atoms. The summed E-state index contributed by atoms with van der Waals surface area (Å²) in [7, 11) is 1.78. The molecule has 0 saturated heterocycles. The molecule has 3 aromatic rings. The Morgan fingerprint density at radius 3 is 1.93 bits per heavy atom. The molecule has 0 aromatic heterocycles. The third-order valence-electron chi connectivity index (χ3n) is 4.13. The van der Waals surface area contributed by atoms with Crippen molar-refractivity contribution in [3.05, 3.63) is 96.1 Å². The van der Waals surface area contributed by atoms with Crippen molar-refractivity contribution in [1.29, 1.82) is 0 Å². The lowest BCUT2D eigenvalue weighted by Crippen LogP contribution is -2.30. The minimum atomic E-state index is -0.0258. The second kappa shape index (κ2) is 9.43. The fourth-order valence-electron chi connectivity index (χ4n) is 2.57. The van der Waals surface area contributed by atoms with Crippen LogP contribution in [0.15, 0.2) is 84.9 Å². The predicted molar refractivity (Wildman–Crippen MR) is 106 cm³/mol. The third kappa shape index (κ3) is 5.61. The maximum Gasteiger partial charge on any atom is 0.253 e. The number of amides is 1. The summed E-state index contributed by atoms with van der Waals surface area (Å²) in [4.78, 5) is 14.2. The first kappa shape index (κ1) is 18.5. The van der Waals surface area contributed by atoms with E-state index < -0.39 is 0 Å². The van der Waals surface area contributed by atoms with E-state index in [-0.39, 0.29) is 5.91 Å². The van der Waals surface area contributed by atoms with Gasteiger partial charge in [0.2, 0.25) is 0 Å². The average molecular weight is 361 g/mol. The number of hydrogen-bond acceptors (Lipinski definition) is 3. The molecule has 3 rings (SSSR count). The first-order valence-corrected chi connectivity index (χ1v) is 8.92. The molecule has 0 saturated carbocycles. The van der Waals surface area contributed by atoms with Crippen LogP contribution in [0.1, 0.15) is 15.9 Å². The van der Waals surface area contributed by atoms with Crippen LogP contribution in [0.5, 0.6) is 11.5 Å². The Bertz CT molecular complexity index is 833. The van der Waals surface area contributed by atoms with E-state index in [1.807, 2.05) is 84.9 Å². The number of carbonyl (C=O) groups excluding carboxylic acids is 1. The van der Waals surface area contributed by atoms with Gasteiger partial charge in [-0.1, -0.05) is 48.5 Å². The summed E-state index contributed by atoms with van der Waals surface area (Å²) in [6.45, 7) is 1.45. The molecule has 4 heteroatoms. The van der Waals surface area contributed by atoms with Crippen LogP contribution < -0.4 is 9.47 Å². The van der Waals surface area contributed by atoms with Crippen LogP contribution in [0.2, 0.25) is 0 Å². The van der Waals surface area contributed by atoms with E-state index in [0.717, 1.165) is 17.1 Å². The van der Waals surface area contributed by atoms with Crippen LogP contribution in [-0.4, -0.2) is 31.0 Å². The number of benzene rings is 3. The number of ether oxygens (including phenoxy) is 2. The van der Waals surface area contributed by atoms with E-state index in [1.54, 1.807) is 11.9 Å². The van der Waals surface area contributed by atoms with Gasteiger partial charge in [-0.25, -0.2) is 0 Å². The van der Waals surface area contributed by atoms with Crippen molar-refractivity contribution in [3.8, 4) is 11.5 Å². The van der Waals surface area contributed by atoms with Crippen molar-refractivity contribution in [2.75, 3.05) is 20.2 Å². The Morgan fingerprint density at radius 1 is 0.778 bits per heavy atom. The largest absolute Gasteiger partial charge is 0.492 e. The van der Waals surface area contributed by atoms with Gasteiger partial charge in [0.25, 0.3) is 5.91 Å². The predicted octanol–water partition coefficient (Wildman–Crippen LogP) is 4.42. The lowest BCUT2D eigenvalue weighted by molar-refractivity contribution is 0.0773. The monoisotopic (exact) mass is 361 g/mol. The quantitative estimate of drug-likeness (QED) is 0.596. The SMILES string of the molecule is CN(CCOc1ccccc1)C(=O)c1ccc(COc2ccccc2)cc1. The number of rotatable bonds is 8. The van der Waals surface area contributed by atoms with Gasteiger partial charge in [-0.2, -0.15) is 0 Å². The van der Waals surface area contributed by atoms with E-state index in [4.69, 9.17) is 9.47 Å². The van der Waals surface area contributed by atoms with Crippen molar-refractivity contribution in [2.45, 2.75) is 6.61 Å². The minimum absolute atomic E-state index is 0.0258. The normalized spacial score (nSPS) is 10.3. The van der Waals surface area contributed by atoms with Crippen LogP contribution in [-0.2, 0) is 6.61 Å². The highest BCUT2D eigenvalue weighted by Crippen LogP contribution is 2.13. The Hall–Kier alpha value is -3.27. The van der Waals surface area contributed by atoms with Crippen molar-refractivity contribution >= 4 is 5.91 Å². The van der Waals surface area contributed by atoms with Gasteiger partial charge in [-0.15, -0.1) is 0 Å². The van der Waals surface area contributed by atoms with Gasteiger partial charge < -0.3 is 14.4 Å². The minimum Gasteiger partial charge on any atom is -0.492 e. The summed E-state index contributed by atoms with van der Waals surface area (Å²) in [5, 5.41) is 0. The van der Waals surface area contributed by atoms with Crippen LogP contribution >= 0.6 is 0 Å². The van der Waals surface area contributed by atoms with Crippen LogP contribution in [0.25, 0.3) is 0 Å². The molecule has 3 aromatic carbocycles. The van der Waals surface area contributed by atoms with Gasteiger partial charge in [-0.05, 0) is 42.0 Å². The number of likely N-dealkylation sites (N-methyl/N-ethyl adjacent to an activating group) is 1. The summed E-state index contributed by atoms with van der Waals surface area (Å²) in [6, 6.07) is 26.8. The molecule has 0 bridgehead atoms. The molecule has 0 N–H and O–H groups in total. The smallest absolute Gasteiger partial charge is 0.253 e. The van der Waals surface area contributed by atoms with E-state index >= 15 is 0 Å². The molecule has 0 radical (unpaired) electrons. The molecule has 0 aliphatic rings. The molecule has 4 nitrogen and oxygen atoms in total. The molecule has 0 unspecified atom stereocenters. The summed E-state index contributed by atoms with van der Waals surface area (Å²) in [6.07, 6.45) is 0. The zero-order valence-electron chi connectivity index (χ0n) is 15.4. The lowest BCUT2D eigenvalue weighted by atomic mass is 10.1.